The predicted octanol–water partition coefficient (Wildman–Crippen LogP) is 5.68. The maximum atomic E-state index is 13.3. The summed E-state index contributed by atoms with van der Waals surface area (Å²) in [7, 11) is 0. The second-order valence-electron chi connectivity index (χ2n) is 9.98. The lowest BCUT2D eigenvalue weighted by molar-refractivity contribution is -0.124. The van der Waals surface area contributed by atoms with Crippen LogP contribution in [0.15, 0.2) is 12.1 Å². The molecule has 1 aliphatic heterocycles. The first-order valence-corrected chi connectivity index (χ1v) is 11.9. The molecule has 0 fully saturated rings. The first kappa shape index (κ1) is 22.5. The number of carbonyl (C=O) groups excluding carboxylic acids is 2. The minimum atomic E-state index is -0.622. The molecule has 0 unspecified atom stereocenters. The van der Waals surface area contributed by atoms with Gasteiger partial charge in [-0.2, -0.15) is 5.10 Å². The topological polar surface area (TPSA) is 66.1 Å². The van der Waals surface area contributed by atoms with Crippen LogP contribution >= 0.6 is 0 Å². The molecule has 170 valence electrons. The van der Waals surface area contributed by atoms with Crippen LogP contribution in [0.3, 0.4) is 0 Å². The molecule has 1 aromatic heterocycles. The summed E-state index contributed by atoms with van der Waals surface area (Å²) in [6, 6.07) is 4.33. The number of benzene rings is 1. The predicted molar refractivity (Wildman–Crippen MR) is 130 cm³/mol. The Hall–Kier alpha value is -2.69. The summed E-state index contributed by atoms with van der Waals surface area (Å²) in [6.45, 7) is 12.6. The number of H-pyrrole nitrogens is 1. The third-order valence-electron chi connectivity index (χ3n) is 7.29. The molecule has 32 heavy (non-hydrogen) atoms. The van der Waals surface area contributed by atoms with Gasteiger partial charge in [-0.15, -0.1) is 0 Å². The third-order valence-corrected chi connectivity index (χ3v) is 7.29. The summed E-state index contributed by atoms with van der Waals surface area (Å²) in [5.74, 6) is 0.151. The molecule has 0 bridgehead atoms. The van der Waals surface area contributed by atoms with Gasteiger partial charge in [0.2, 0.25) is 5.91 Å². The molecule has 1 aromatic carbocycles. The van der Waals surface area contributed by atoms with E-state index in [9.17, 15) is 9.59 Å². The average Bonchev–Trinajstić information content (AvgIpc) is 3.12. The molecular formula is C27H35N3O2. The average molecular weight is 434 g/mol. The van der Waals surface area contributed by atoms with E-state index in [1.807, 2.05) is 13.8 Å². The SMILES string of the molecule is CCCCC(=O)CN1C(=O)C(C)(C)c2cc(C)c(C3=C(C)c4n[nH]c(C)c4CCC3)cc21. The van der Waals surface area contributed by atoms with Gasteiger partial charge in [-0.3, -0.25) is 14.7 Å². The number of aromatic nitrogens is 2. The molecule has 0 saturated carbocycles. The van der Waals surface area contributed by atoms with Crippen LogP contribution in [0.4, 0.5) is 5.69 Å². The molecule has 0 spiro atoms. The van der Waals surface area contributed by atoms with E-state index in [-0.39, 0.29) is 18.2 Å². The highest BCUT2D eigenvalue weighted by atomic mass is 16.2. The van der Waals surface area contributed by atoms with E-state index < -0.39 is 5.41 Å². The number of hydrogen-bond donors (Lipinski definition) is 1. The molecule has 5 nitrogen and oxygen atoms in total. The summed E-state index contributed by atoms with van der Waals surface area (Å²) in [5.41, 5.74) is 9.68. The van der Waals surface area contributed by atoms with Gasteiger partial charge in [0.25, 0.3) is 0 Å². The first-order valence-electron chi connectivity index (χ1n) is 11.9. The fourth-order valence-corrected chi connectivity index (χ4v) is 5.27. The van der Waals surface area contributed by atoms with Crippen molar-refractivity contribution in [2.24, 2.45) is 0 Å². The number of allylic oxidation sites excluding steroid dienone is 2. The van der Waals surface area contributed by atoms with Crippen LogP contribution in [-0.2, 0) is 21.4 Å². The maximum absolute atomic E-state index is 13.3. The Morgan fingerprint density at radius 1 is 1.19 bits per heavy atom. The molecular weight excluding hydrogens is 398 g/mol. The number of aromatic amines is 1. The number of hydrogen-bond acceptors (Lipinski definition) is 3. The number of carbonyl (C=O) groups is 2. The minimum absolute atomic E-state index is 0.0191. The molecule has 2 aliphatic rings. The Kier molecular flexibility index (Phi) is 5.87. The standard InChI is InChI=1S/C27H35N3O2/c1-7-8-10-19(31)15-30-24-14-22(16(2)13-23(24)27(5,6)26(30)32)20-11-9-12-21-18(4)28-29-25(21)17(20)3/h13-14H,7-12,15H2,1-6H3,(H,28,29). The van der Waals surface area contributed by atoms with Crippen molar-refractivity contribution in [2.75, 3.05) is 11.4 Å². The lowest BCUT2D eigenvalue weighted by Gasteiger charge is -2.20. The quantitative estimate of drug-likeness (QED) is 0.638. The molecule has 1 amide bonds. The Bertz CT molecular complexity index is 1120. The van der Waals surface area contributed by atoms with E-state index in [1.54, 1.807) is 4.90 Å². The zero-order valence-corrected chi connectivity index (χ0v) is 20.3. The van der Waals surface area contributed by atoms with E-state index in [1.165, 1.54) is 27.8 Å². The van der Waals surface area contributed by atoms with Gasteiger partial charge in [0.15, 0.2) is 5.78 Å². The Morgan fingerprint density at radius 2 is 1.94 bits per heavy atom. The number of aryl methyl sites for hydroxylation is 2. The fourth-order valence-electron chi connectivity index (χ4n) is 5.27. The lowest BCUT2D eigenvalue weighted by Crippen LogP contribution is -2.39. The van der Waals surface area contributed by atoms with Crippen LogP contribution in [0, 0.1) is 13.8 Å². The van der Waals surface area contributed by atoms with Gasteiger partial charge in [0.1, 0.15) is 0 Å². The van der Waals surface area contributed by atoms with E-state index in [0.717, 1.165) is 54.7 Å². The van der Waals surface area contributed by atoms with E-state index >= 15 is 0 Å². The number of fused-ring (bicyclic) bond motifs is 2. The van der Waals surface area contributed by atoms with Crippen molar-refractivity contribution in [1.29, 1.82) is 0 Å². The van der Waals surface area contributed by atoms with Gasteiger partial charge >= 0.3 is 0 Å². The van der Waals surface area contributed by atoms with Crippen LogP contribution < -0.4 is 4.90 Å². The molecule has 5 heteroatoms. The summed E-state index contributed by atoms with van der Waals surface area (Å²) in [4.78, 5) is 27.7. The van der Waals surface area contributed by atoms with E-state index in [0.29, 0.717) is 6.42 Å². The largest absolute Gasteiger partial charge is 0.304 e. The summed E-state index contributed by atoms with van der Waals surface area (Å²) >= 11 is 0. The minimum Gasteiger partial charge on any atom is -0.304 e. The number of nitrogens with one attached hydrogen (secondary N) is 1. The lowest BCUT2D eigenvalue weighted by atomic mass is 9.83. The molecule has 4 rings (SSSR count). The number of ketones is 1. The molecule has 0 saturated heterocycles. The maximum Gasteiger partial charge on any atom is 0.237 e. The van der Waals surface area contributed by atoms with Crippen LogP contribution in [-0.4, -0.2) is 28.4 Å². The van der Waals surface area contributed by atoms with Gasteiger partial charge < -0.3 is 4.90 Å². The molecule has 0 atom stereocenters. The van der Waals surface area contributed by atoms with Crippen molar-refractivity contribution in [2.45, 2.75) is 85.5 Å². The molecule has 1 N–H and O–H groups in total. The van der Waals surface area contributed by atoms with E-state index in [2.05, 4.69) is 50.0 Å². The second kappa shape index (κ2) is 8.34. The highest BCUT2D eigenvalue weighted by molar-refractivity contribution is 6.11. The molecule has 2 heterocycles. The van der Waals surface area contributed by atoms with Crippen LogP contribution in [0.2, 0.25) is 0 Å². The van der Waals surface area contributed by atoms with Crippen LogP contribution in [0.5, 0.6) is 0 Å². The van der Waals surface area contributed by atoms with Crippen molar-refractivity contribution in [3.05, 3.63) is 45.8 Å². The number of Topliss-reactive ketones (excluding diaryl/α,β-unsaturated/α-hetero) is 1. The van der Waals surface area contributed by atoms with Crippen molar-refractivity contribution < 1.29 is 9.59 Å². The molecule has 2 aromatic rings. The highest BCUT2D eigenvalue weighted by Gasteiger charge is 2.44. The fraction of sp³-hybridized carbons (Fsp3) is 0.519. The summed E-state index contributed by atoms with van der Waals surface area (Å²) < 4.78 is 0. The Balaban J connectivity index is 1.81. The number of rotatable bonds is 6. The van der Waals surface area contributed by atoms with Gasteiger partial charge in [0, 0.05) is 23.4 Å². The smallest absolute Gasteiger partial charge is 0.237 e. The van der Waals surface area contributed by atoms with Crippen LogP contribution in [0.25, 0.3) is 11.1 Å². The monoisotopic (exact) mass is 433 g/mol. The summed E-state index contributed by atoms with van der Waals surface area (Å²) in [6.07, 6.45) is 5.45. The van der Waals surface area contributed by atoms with Gasteiger partial charge in [-0.05, 0) is 94.2 Å². The summed E-state index contributed by atoms with van der Waals surface area (Å²) in [5, 5.41) is 7.75. The van der Waals surface area contributed by atoms with E-state index in [4.69, 9.17) is 0 Å². The second-order valence-corrected chi connectivity index (χ2v) is 9.98. The van der Waals surface area contributed by atoms with Crippen molar-refractivity contribution in [1.82, 2.24) is 10.2 Å². The first-order chi connectivity index (χ1) is 15.2. The zero-order chi connectivity index (χ0) is 23.2. The van der Waals surface area contributed by atoms with Crippen molar-refractivity contribution in [3.8, 4) is 0 Å². The number of nitrogens with zero attached hydrogens (tertiary/aromatic N) is 2. The van der Waals surface area contributed by atoms with Gasteiger partial charge in [-0.25, -0.2) is 0 Å². The van der Waals surface area contributed by atoms with Gasteiger partial charge in [0.05, 0.1) is 17.7 Å². The number of amides is 1. The number of unbranched alkanes of at least 4 members (excludes halogenated alkanes) is 1. The molecule has 1 aliphatic carbocycles. The third kappa shape index (κ3) is 3.62. The normalized spacial score (nSPS) is 17.4. The Labute approximate surface area is 191 Å². The van der Waals surface area contributed by atoms with Crippen molar-refractivity contribution in [3.63, 3.8) is 0 Å². The molecule has 0 radical (unpaired) electrons. The Morgan fingerprint density at radius 3 is 2.66 bits per heavy atom. The number of anilines is 1. The van der Waals surface area contributed by atoms with Gasteiger partial charge in [-0.1, -0.05) is 19.4 Å². The highest BCUT2D eigenvalue weighted by Crippen LogP contribution is 2.45. The van der Waals surface area contributed by atoms with Crippen molar-refractivity contribution >= 4 is 28.5 Å². The zero-order valence-electron chi connectivity index (χ0n) is 20.3. The van der Waals surface area contributed by atoms with Crippen LogP contribution in [0.1, 0.15) is 93.4 Å².